The predicted octanol–water partition coefficient (Wildman–Crippen LogP) is 0.0527. The van der Waals surface area contributed by atoms with Gasteiger partial charge in [0.2, 0.25) is 10.0 Å². The van der Waals surface area contributed by atoms with Crippen LogP contribution in [0.5, 0.6) is 0 Å². The van der Waals surface area contributed by atoms with Crippen LogP contribution in [-0.4, -0.2) is 45.6 Å². The highest BCUT2D eigenvalue weighted by Crippen LogP contribution is 2.25. The van der Waals surface area contributed by atoms with Gasteiger partial charge in [0.15, 0.2) is 0 Å². The van der Waals surface area contributed by atoms with Crippen LogP contribution in [0, 0.1) is 5.41 Å². The second-order valence-electron chi connectivity index (χ2n) is 6.17. The van der Waals surface area contributed by atoms with Crippen molar-refractivity contribution in [1.29, 1.82) is 0 Å². The molecule has 0 aromatic carbocycles. The Morgan fingerprint density at radius 2 is 2.23 bits per heavy atom. The molecule has 1 aliphatic heterocycles. The van der Waals surface area contributed by atoms with Gasteiger partial charge < -0.3 is 15.2 Å². The molecule has 124 valence electrons. The first-order valence-corrected chi connectivity index (χ1v) is 8.85. The van der Waals surface area contributed by atoms with Crippen LogP contribution >= 0.6 is 0 Å². The Morgan fingerprint density at radius 1 is 1.50 bits per heavy atom. The monoisotopic (exact) mass is 328 g/mol. The fraction of sp³-hybridized carbons (Fsp3) is 0.643. The van der Waals surface area contributed by atoms with E-state index in [2.05, 4.69) is 22.3 Å². The summed E-state index contributed by atoms with van der Waals surface area (Å²) in [6.07, 6.45) is 3.49. The molecule has 3 N–H and O–H groups in total. The smallest absolute Gasteiger partial charge is 0.267 e. The van der Waals surface area contributed by atoms with E-state index in [-0.39, 0.29) is 16.2 Å². The van der Waals surface area contributed by atoms with E-state index in [1.807, 2.05) is 0 Å². The zero-order valence-electron chi connectivity index (χ0n) is 13.3. The highest BCUT2D eigenvalue weighted by Gasteiger charge is 2.29. The van der Waals surface area contributed by atoms with Gasteiger partial charge in [0.25, 0.3) is 5.91 Å². The summed E-state index contributed by atoms with van der Waals surface area (Å²) in [7, 11) is -0.458. The second kappa shape index (κ2) is 6.39. The Kier molecular flexibility index (Phi) is 4.93. The molecule has 2 heterocycles. The number of amides is 1. The normalized spacial score (nSPS) is 22.5. The molecule has 1 aromatic heterocycles. The van der Waals surface area contributed by atoms with Crippen molar-refractivity contribution in [3.63, 3.8) is 0 Å². The molecule has 1 amide bonds. The van der Waals surface area contributed by atoms with Crippen molar-refractivity contribution < 1.29 is 13.2 Å². The summed E-state index contributed by atoms with van der Waals surface area (Å²) in [5.41, 5.74) is 0.234. The predicted molar refractivity (Wildman–Crippen MR) is 84.2 cm³/mol. The maximum Gasteiger partial charge on any atom is 0.267 e. The van der Waals surface area contributed by atoms with Crippen molar-refractivity contribution in [2.45, 2.75) is 24.7 Å². The molecule has 1 saturated heterocycles. The highest BCUT2D eigenvalue weighted by atomic mass is 32.2. The summed E-state index contributed by atoms with van der Waals surface area (Å²) in [5.74, 6) is -0.313. The van der Waals surface area contributed by atoms with Gasteiger partial charge in [0.05, 0.1) is 0 Å². The minimum atomic E-state index is -3.62. The third kappa shape index (κ3) is 3.68. The van der Waals surface area contributed by atoms with Gasteiger partial charge in [-0.25, -0.2) is 13.1 Å². The van der Waals surface area contributed by atoms with E-state index in [0.717, 1.165) is 25.9 Å². The van der Waals surface area contributed by atoms with Gasteiger partial charge in [-0.1, -0.05) is 6.92 Å². The lowest BCUT2D eigenvalue weighted by Gasteiger charge is -2.34. The summed E-state index contributed by atoms with van der Waals surface area (Å²) in [6, 6.07) is 1.39. The summed E-state index contributed by atoms with van der Waals surface area (Å²) in [6.45, 7) is 4.24. The van der Waals surface area contributed by atoms with Crippen LogP contribution in [0.3, 0.4) is 0 Å². The van der Waals surface area contributed by atoms with E-state index in [0.29, 0.717) is 12.2 Å². The molecule has 0 bridgehead atoms. The number of nitrogens with zero attached hydrogens (tertiary/aromatic N) is 1. The van der Waals surface area contributed by atoms with Gasteiger partial charge in [-0.05, 0) is 30.9 Å². The number of aromatic nitrogens is 1. The van der Waals surface area contributed by atoms with E-state index in [4.69, 9.17) is 0 Å². The van der Waals surface area contributed by atoms with Crippen LogP contribution in [0.25, 0.3) is 0 Å². The first kappa shape index (κ1) is 17.0. The molecular formula is C14H24N4O3S. The Bertz CT molecular complexity index is 645. The second-order valence-corrected chi connectivity index (χ2v) is 7.93. The van der Waals surface area contributed by atoms with E-state index >= 15 is 0 Å². The van der Waals surface area contributed by atoms with E-state index < -0.39 is 10.0 Å². The lowest BCUT2D eigenvalue weighted by molar-refractivity contribution is 0.0955. The number of piperidine rings is 1. The lowest BCUT2D eigenvalue weighted by atomic mass is 9.83. The van der Waals surface area contributed by atoms with Crippen molar-refractivity contribution >= 4 is 15.9 Å². The number of aryl methyl sites for hydroxylation is 1. The minimum absolute atomic E-state index is 0.0796. The van der Waals surface area contributed by atoms with Crippen LogP contribution < -0.4 is 15.4 Å². The molecular weight excluding hydrogens is 304 g/mol. The number of carbonyl (C=O) groups is 1. The molecule has 1 aromatic rings. The van der Waals surface area contributed by atoms with Gasteiger partial charge in [0.1, 0.15) is 10.6 Å². The molecule has 0 saturated carbocycles. The molecule has 0 aliphatic carbocycles. The maximum absolute atomic E-state index is 12.4. The quantitative estimate of drug-likeness (QED) is 0.712. The number of hydrogen-bond donors (Lipinski definition) is 3. The van der Waals surface area contributed by atoms with Gasteiger partial charge in [-0.15, -0.1) is 0 Å². The Morgan fingerprint density at radius 3 is 2.82 bits per heavy atom. The van der Waals surface area contributed by atoms with Crippen LogP contribution in [-0.2, 0) is 17.1 Å². The Balaban J connectivity index is 2.12. The highest BCUT2D eigenvalue weighted by molar-refractivity contribution is 7.89. The first-order chi connectivity index (χ1) is 10.3. The zero-order chi connectivity index (χ0) is 16.4. The number of nitrogens with one attached hydrogen (secondary N) is 3. The Labute approximate surface area is 131 Å². The summed E-state index contributed by atoms with van der Waals surface area (Å²) >= 11 is 0. The SMILES string of the molecule is CNC(=O)c1cc(S(=O)(=O)NCC2(C)CCCNC2)cn1C. The van der Waals surface area contributed by atoms with Crippen LogP contribution in [0.1, 0.15) is 30.3 Å². The summed E-state index contributed by atoms with van der Waals surface area (Å²) in [5, 5.41) is 5.79. The third-order valence-corrected chi connectivity index (χ3v) is 5.49. The van der Waals surface area contributed by atoms with E-state index in [9.17, 15) is 13.2 Å². The molecule has 0 spiro atoms. The first-order valence-electron chi connectivity index (χ1n) is 7.36. The molecule has 7 nitrogen and oxygen atoms in total. The van der Waals surface area contributed by atoms with E-state index in [1.165, 1.54) is 23.9 Å². The lowest BCUT2D eigenvalue weighted by Crippen LogP contribution is -2.45. The van der Waals surface area contributed by atoms with Gasteiger partial charge in [0, 0.05) is 33.4 Å². The summed E-state index contributed by atoms with van der Waals surface area (Å²) < 4.78 is 29.0. The van der Waals surface area contributed by atoms with Crippen molar-refractivity contribution in [2.24, 2.45) is 12.5 Å². The molecule has 1 atom stereocenters. The average molecular weight is 328 g/mol. The fourth-order valence-electron chi connectivity index (χ4n) is 2.66. The number of sulfonamides is 1. The molecule has 1 fully saturated rings. The van der Waals surface area contributed by atoms with Gasteiger partial charge in [-0.3, -0.25) is 4.79 Å². The number of rotatable bonds is 5. The van der Waals surface area contributed by atoms with Crippen molar-refractivity contribution in [3.05, 3.63) is 18.0 Å². The maximum atomic E-state index is 12.4. The van der Waals surface area contributed by atoms with Gasteiger partial charge >= 0.3 is 0 Å². The van der Waals surface area contributed by atoms with Gasteiger partial charge in [-0.2, -0.15) is 0 Å². The minimum Gasteiger partial charge on any atom is -0.354 e. The molecule has 1 aliphatic rings. The number of carbonyl (C=O) groups excluding carboxylic acids is 1. The number of hydrogen-bond acceptors (Lipinski definition) is 4. The molecule has 0 radical (unpaired) electrons. The molecule has 22 heavy (non-hydrogen) atoms. The van der Waals surface area contributed by atoms with Crippen LogP contribution in [0.15, 0.2) is 17.2 Å². The average Bonchev–Trinajstić information content (AvgIpc) is 2.88. The molecule has 2 rings (SSSR count). The molecule has 1 unspecified atom stereocenters. The van der Waals surface area contributed by atoms with Crippen molar-refractivity contribution in [1.82, 2.24) is 19.9 Å². The third-order valence-electron chi connectivity index (χ3n) is 4.12. The van der Waals surface area contributed by atoms with Crippen LogP contribution in [0.2, 0.25) is 0 Å². The topological polar surface area (TPSA) is 92.2 Å². The van der Waals surface area contributed by atoms with Crippen molar-refractivity contribution in [3.8, 4) is 0 Å². The molecule has 8 heteroatoms. The Hall–Kier alpha value is -1.38. The largest absolute Gasteiger partial charge is 0.354 e. The zero-order valence-corrected chi connectivity index (χ0v) is 14.1. The summed E-state index contributed by atoms with van der Waals surface area (Å²) in [4.78, 5) is 11.8. The fourth-order valence-corrected chi connectivity index (χ4v) is 3.93. The standard InChI is InChI=1S/C14H24N4O3S/c1-14(5-4-6-16-9-14)10-17-22(20,21)11-7-12(13(19)15-2)18(3)8-11/h7-8,16-17H,4-6,9-10H2,1-3H3,(H,15,19). The van der Waals surface area contributed by atoms with E-state index in [1.54, 1.807) is 7.05 Å². The van der Waals surface area contributed by atoms with Crippen LogP contribution in [0.4, 0.5) is 0 Å². The van der Waals surface area contributed by atoms with Crippen molar-refractivity contribution in [2.75, 3.05) is 26.7 Å².